The average Bonchev–Trinajstić information content (AvgIpc) is 2.73. The van der Waals surface area contributed by atoms with Gasteiger partial charge in [0.05, 0.1) is 23.6 Å². The highest BCUT2D eigenvalue weighted by atomic mass is 16.3. The third kappa shape index (κ3) is 2.74. The molecule has 176 valence electrons. The lowest BCUT2D eigenvalue weighted by Crippen LogP contribution is -2.81. The number of aliphatic hydroxyl groups is 1. The van der Waals surface area contributed by atoms with Crippen LogP contribution < -0.4 is 11.1 Å². The van der Waals surface area contributed by atoms with E-state index in [0.29, 0.717) is 5.56 Å². The fourth-order valence-corrected chi connectivity index (χ4v) is 6.40. The van der Waals surface area contributed by atoms with Crippen LogP contribution in [0.3, 0.4) is 0 Å². The molecule has 0 radical (unpaired) electrons. The van der Waals surface area contributed by atoms with Crippen LogP contribution in [0.25, 0.3) is 0 Å². The van der Waals surface area contributed by atoms with Crippen LogP contribution in [0.1, 0.15) is 28.8 Å². The summed E-state index contributed by atoms with van der Waals surface area (Å²) in [5.74, 6) is -10.9. The molecule has 3 aliphatic rings. The second-order valence-corrected chi connectivity index (χ2v) is 9.40. The topological polar surface area (TPSA) is 167 Å². The average molecular weight is 457 g/mol. The van der Waals surface area contributed by atoms with Crippen molar-refractivity contribution in [1.82, 2.24) is 10.2 Å². The van der Waals surface area contributed by atoms with Gasteiger partial charge < -0.3 is 21.3 Å². The van der Waals surface area contributed by atoms with Gasteiger partial charge in [0, 0.05) is 11.8 Å². The number of aliphatic hydroxyl groups excluding tert-OH is 1. The molecule has 10 nitrogen and oxygen atoms in total. The van der Waals surface area contributed by atoms with Crippen molar-refractivity contribution in [2.45, 2.75) is 30.5 Å². The Morgan fingerprint density at radius 3 is 2.33 bits per heavy atom. The Bertz CT molecular complexity index is 1100. The molecular weight excluding hydrogens is 430 g/mol. The monoisotopic (exact) mass is 457 g/mol. The number of benzene rings is 1. The molecule has 2 saturated carbocycles. The number of hydrogen-bond donors (Lipinski definition) is 4. The fraction of sp³-hybridized carbons (Fsp3) is 0.522. The van der Waals surface area contributed by atoms with Crippen molar-refractivity contribution in [3.8, 4) is 5.75 Å². The number of phenolic OH excluding ortho intramolecular Hbond substituents is 1. The molecule has 4 rings (SSSR count). The van der Waals surface area contributed by atoms with Crippen LogP contribution in [0.15, 0.2) is 18.2 Å². The van der Waals surface area contributed by atoms with E-state index in [1.54, 1.807) is 33.2 Å². The predicted octanol–water partition coefficient (Wildman–Crippen LogP) is -1.37. The summed E-state index contributed by atoms with van der Waals surface area (Å²) in [7, 11) is 4.41. The number of nitrogens with zero attached hydrogens (tertiary/aromatic N) is 1. The van der Waals surface area contributed by atoms with Gasteiger partial charge in [-0.15, -0.1) is 0 Å². The Balaban J connectivity index is 2.00. The highest BCUT2D eigenvalue weighted by molar-refractivity contribution is 6.33. The Morgan fingerprint density at radius 1 is 1.15 bits per heavy atom. The van der Waals surface area contributed by atoms with E-state index < -0.39 is 76.3 Å². The van der Waals surface area contributed by atoms with E-state index in [9.17, 15) is 34.2 Å². The summed E-state index contributed by atoms with van der Waals surface area (Å²) < 4.78 is 0. The molecule has 1 aromatic carbocycles. The minimum absolute atomic E-state index is 0.0218. The minimum Gasteiger partial charge on any atom is -0.507 e. The van der Waals surface area contributed by atoms with Crippen LogP contribution in [0, 0.1) is 23.7 Å². The first-order valence-electron chi connectivity index (χ1n) is 10.7. The molecular formula is C23H27N3O7. The molecule has 4 unspecified atom stereocenters. The number of aromatic hydroxyl groups is 1. The van der Waals surface area contributed by atoms with E-state index in [0.717, 1.165) is 0 Å². The number of carbonyl (C=O) groups excluding carboxylic acids is 5. The Labute approximate surface area is 190 Å². The lowest BCUT2D eigenvalue weighted by molar-refractivity contribution is -0.173. The highest BCUT2D eigenvalue weighted by Gasteiger charge is 2.72. The third-order valence-electron chi connectivity index (χ3n) is 7.79. The molecule has 3 aliphatic carbocycles. The Morgan fingerprint density at radius 2 is 1.79 bits per heavy atom. The zero-order valence-corrected chi connectivity index (χ0v) is 18.7. The summed E-state index contributed by atoms with van der Waals surface area (Å²) in [4.78, 5) is 67.9. The smallest absolute Gasteiger partial charge is 0.235 e. The van der Waals surface area contributed by atoms with Gasteiger partial charge in [-0.2, -0.15) is 0 Å². The maximum atomic E-state index is 14.0. The molecule has 0 heterocycles. The Hall–Kier alpha value is -2.95. The number of fused-ring (bicyclic) bond motifs is 3. The van der Waals surface area contributed by atoms with Crippen LogP contribution in [-0.4, -0.2) is 83.0 Å². The number of rotatable bonds is 3. The van der Waals surface area contributed by atoms with Gasteiger partial charge in [-0.05, 0) is 38.7 Å². The van der Waals surface area contributed by atoms with Gasteiger partial charge in [-0.1, -0.05) is 19.1 Å². The van der Waals surface area contributed by atoms with Gasteiger partial charge in [-0.25, -0.2) is 0 Å². The van der Waals surface area contributed by atoms with Crippen molar-refractivity contribution in [2.24, 2.45) is 29.4 Å². The quantitative estimate of drug-likeness (QED) is 0.400. The molecule has 5 N–H and O–H groups in total. The van der Waals surface area contributed by atoms with E-state index in [4.69, 9.17) is 5.73 Å². The maximum absolute atomic E-state index is 14.0. The van der Waals surface area contributed by atoms with Crippen LogP contribution in [-0.2, 0) is 19.2 Å². The summed E-state index contributed by atoms with van der Waals surface area (Å²) in [6, 6.07) is 3.37. The lowest BCUT2D eigenvalue weighted by Gasteiger charge is -2.57. The van der Waals surface area contributed by atoms with Gasteiger partial charge in [0.2, 0.25) is 5.91 Å². The van der Waals surface area contributed by atoms with Crippen molar-refractivity contribution in [2.75, 3.05) is 21.1 Å². The van der Waals surface area contributed by atoms with Crippen LogP contribution >= 0.6 is 0 Å². The fourth-order valence-electron chi connectivity index (χ4n) is 6.40. The maximum Gasteiger partial charge on any atom is 0.235 e. The van der Waals surface area contributed by atoms with E-state index in [1.807, 2.05) is 0 Å². The number of phenols is 1. The summed E-state index contributed by atoms with van der Waals surface area (Å²) in [6.07, 6.45) is -1.43. The van der Waals surface area contributed by atoms with Gasteiger partial charge >= 0.3 is 0 Å². The van der Waals surface area contributed by atoms with Crippen molar-refractivity contribution < 1.29 is 34.2 Å². The van der Waals surface area contributed by atoms with Gasteiger partial charge in [0.15, 0.2) is 29.1 Å². The number of hydrogen-bond acceptors (Lipinski definition) is 9. The third-order valence-corrected chi connectivity index (χ3v) is 7.79. The molecule has 0 aromatic heterocycles. The molecule has 2 fully saturated rings. The van der Waals surface area contributed by atoms with Crippen molar-refractivity contribution >= 4 is 29.0 Å². The first-order valence-corrected chi connectivity index (χ1v) is 10.7. The summed E-state index contributed by atoms with van der Waals surface area (Å²) in [6.45, 7) is 1.73. The second kappa shape index (κ2) is 7.54. The first-order chi connectivity index (χ1) is 15.4. The molecule has 1 aromatic rings. The standard InChI is InChI=1S/C23H27N3O7/c1-8-9-6-5-7-10(27)12(9)17(28)13-11(8)18(29)15-16(26(3)4)19(30)14(22(24)33)21(32)23(15,25-2)20(13)31/h5-8,11,13-16,18,25,27,29H,1-4H3,(H2,24,33)/t8-,11+,13?,14?,15+,16-,18?,23?/m0/s1. The number of ketones is 4. The summed E-state index contributed by atoms with van der Waals surface area (Å²) in [5, 5.41) is 24.7. The van der Waals surface area contributed by atoms with E-state index in [-0.39, 0.29) is 11.3 Å². The second-order valence-electron chi connectivity index (χ2n) is 9.40. The number of likely N-dealkylation sites (N-methyl/N-ethyl adjacent to an activating group) is 2. The van der Waals surface area contributed by atoms with Crippen LogP contribution in [0.5, 0.6) is 5.75 Å². The number of primary amides is 1. The highest BCUT2D eigenvalue weighted by Crippen LogP contribution is 2.54. The normalized spacial score (nSPS) is 38.1. The molecule has 10 heteroatoms. The SMILES string of the molecule is CNC12C(=O)C(C(N)=O)C(=O)[C@@H](N(C)C)[C@@H]1C(O)[C@H]1C(C(=O)c3c(O)cccc3[C@@H]1C)C2=O. The number of nitrogens with two attached hydrogens (primary N) is 1. The molecule has 8 atom stereocenters. The van der Waals surface area contributed by atoms with E-state index in [1.165, 1.54) is 18.0 Å². The van der Waals surface area contributed by atoms with Crippen molar-refractivity contribution in [1.29, 1.82) is 0 Å². The van der Waals surface area contributed by atoms with Gasteiger partial charge in [0.1, 0.15) is 11.3 Å². The largest absolute Gasteiger partial charge is 0.507 e. The molecule has 0 saturated heterocycles. The van der Waals surface area contributed by atoms with Crippen LogP contribution in [0.2, 0.25) is 0 Å². The van der Waals surface area contributed by atoms with Gasteiger partial charge in [0.25, 0.3) is 0 Å². The Kier molecular flexibility index (Phi) is 5.31. The van der Waals surface area contributed by atoms with Crippen molar-refractivity contribution in [3.63, 3.8) is 0 Å². The predicted molar refractivity (Wildman–Crippen MR) is 114 cm³/mol. The van der Waals surface area contributed by atoms with Crippen molar-refractivity contribution in [3.05, 3.63) is 29.3 Å². The summed E-state index contributed by atoms with van der Waals surface area (Å²) >= 11 is 0. The number of Topliss-reactive ketones (excluding diaryl/α,β-unsaturated/α-hetero) is 4. The number of nitrogens with one attached hydrogen (secondary N) is 1. The number of carbonyl (C=O) groups is 5. The lowest BCUT2D eigenvalue weighted by atomic mass is 9.48. The minimum atomic E-state index is -2.18. The zero-order valence-electron chi connectivity index (χ0n) is 18.7. The molecule has 33 heavy (non-hydrogen) atoms. The molecule has 0 bridgehead atoms. The summed E-state index contributed by atoms with van der Waals surface area (Å²) in [5.41, 5.74) is 3.67. The number of amides is 1. The molecule has 0 aliphatic heterocycles. The first kappa shape index (κ1) is 23.2. The zero-order chi connectivity index (χ0) is 24.6. The molecule has 0 spiro atoms. The molecule has 1 amide bonds. The van der Waals surface area contributed by atoms with E-state index >= 15 is 0 Å². The van der Waals surface area contributed by atoms with Crippen LogP contribution in [0.4, 0.5) is 0 Å². The van der Waals surface area contributed by atoms with E-state index in [2.05, 4.69) is 5.32 Å². The van der Waals surface area contributed by atoms with Gasteiger partial charge in [-0.3, -0.25) is 28.9 Å².